The zero-order chi connectivity index (χ0) is 22.1. The van der Waals surface area contributed by atoms with Gasteiger partial charge in [-0.25, -0.2) is 4.90 Å². The third-order valence-electron chi connectivity index (χ3n) is 4.59. The number of hydrogen-bond acceptors (Lipinski definition) is 4. The summed E-state index contributed by atoms with van der Waals surface area (Å²) >= 11 is 13.7. The van der Waals surface area contributed by atoms with Gasteiger partial charge in [-0.05, 0) is 89.4 Å². The molecule has 31 heavy (non-hydrogen) atoms. The van der Waals surface area contributed by atoms with Crippen LogP contribution in [-0.2, 0) is 0 Å². The standard InChI is InChI=1S/C22H13ClIN3O3S/c23-17-11-14(27-20(29)15-3-1-2-4-16(15)21(27)30)9-10-18(17)25-22(31)26-19(28)12-5-7-13(24)8-6-12/h1-11H,(H2,25,26,28,31). The number of thiocarbonyl (C=S) groups is 1. The monoisotopic (exact) mass is 561 g/mol. The Morgan fingerprint density at radius 3 is 2.13 bits per heavy atom. The van der Waals surface area contributed by atoms with E-state index in [1.54, 1.807) is 48.5 Å². The van der Waals surface area contributed by atoms with Crippen molar-refractivity contribution in [1.29, 1.82) is 0 Å². The van der Waals surface area contributed by atoms with E-state index in [9.17, 15) is 14.4 Å². The molecule has 0 fully saturated rings. The summed E-state index contributed by atoms with van der Waals surface area (Å²) in [6.45, 7) is 0. The van der Waals surface area contributed by atoms with Crippen LogP contribution in [0.15, 0.2) is 66.7 Å². The second kappa shape index (κ2) is 8.74. The molecule has 3 aromatic carbocycles. The van der Waals surface area contributed by atoms with Crippen molar-refractivity contribution in [2.45, 2.75) is 0 Å². The molecule has 0 aliphatic carbocycles. The summed E-state index contributed by atoms with van der Waals surface area (Å²) in [6.07, 6.45) is 0. The predicted molar refractivity (Wildman–Crippen MR) is 132 cm³/mol. The first-order chi connectivity index (χ1) is 14.8. The first-order valence-corrected chi connectivity index (χ1v) is 10.9. The van der Waals surface area contributed by atoms with Crippen molar-refractivity contribution in [1.82, 2.24) is 5.32 Å². The molecule has 0 atom stereocenters. The summed E-state index contributed by atoms with van der Waals surface area (Å²) in [5, 5.41) is 5.75. The average molecular weight is 562 g/mol. The minimum atomic E-state index is -0.405. The Labute approximate surface area is 201 Å². The largest absolute Gasteiger partial charge is 0.331 e. The van der Waals surface area contributed by atoms with Gasteiger partial charge in [-0.1, -0.05) is 23.7 Å². The SMILES string of the molecule is O=C(NC(=S)Nc1ccc(N2C(=O)c3ccccc3C2=O)cc1Cl)c1ccc(I)cc1. The Morgan fingerprint density at radius 1 is 0.935 bits per heavy atom. The van der Waals surface area contributed by atoms with Crippen molar-refractivity contribution in [3.05, 3.63) is 92.0 Å². The maximum atomic E-state index is 12.6. The van der Waals surface area contributed by atoms with E-state index in [1.165, 1.54) is 6.07 Å². The summed E-state index contributed by atoms with van der Waals surface area (Å²) in [5.74, 6) is -1.16. The number of anilines is 2. The van der Waals surface area contributed by atoms with Gasteiger partial charge in [-0.3, -0.25) is 19.7 Å². The highest BCUT2D eigenvalue weighted by atomic mass is 127. The van der Waals surface area contributed by atoms with Crippen molar-refractivity contribution >= 4 is 80.6 Å². The van der Waals surface area contributed by atoms with Crippen molar-refractivity contribution in [3.8, 4) is 0 Å². The lowest BCUT2D eigenvalue weighted by atomic mass is 10.1. The second-order valence-electron chi connectivity index (χ2n) is 6.57. The molecule has 0 radical (unpaired) electrons. The van der Waals surface area contributed by atoms with E-state index >= 15 is 0 Å². The molecule has 0 spiro atoms. The first-order valence-electron chi connectivity index (χ1n) is 9.00. The summed E-state index contributed by atoms with van der Waals surface area (Å²) in [7, 11) is 0. The van der Waals surface area contributed by atoms with Crippen LogP contribution in [0.2, 0.25) is 5.02 Å². The number of hydrogen-bond donors (Lipinski definition) is 2. The van der Waals surface area contributed by atoms with E-state index in [0.717, 1.165) is 8.47 Å². The molecule has 0 bridgehead atoms. The topological polar surface area (TPSA) is 78.5 Å². The van der Waals surface area contributed by atoms with E-state index in [0.29, 0.717) is 28.1 Å². The number of amides is 3. The molecule has 9 heteroatoms. The van der Waals surface area contributed by atoms with Gasteiger partial charge in [0.05, 0.1) is 27.5 Å². The number of imide groups is 1. The van der Waals surface area contributed by atoms with Gasteiger partial charge in [-0.2, -0.15) is 0 Å². The highest BCUT2D eigenvalue weighted by molar-refractivity contribution is 14.1. The number of nitrogens with one attached hydrogen (secondary N) is 2. The molecule has 0 saturated heterocycles. The quantitative estimate of drug-likeness (QED) is 0.271. The minimum Gasteiger partial charge on any atom is -0.331 e. The lowest BCUT2D eigenvalue weighted by molar-refractivity contribution is 0.0923. The highest BCUT2D eigenvalue weighted by Crippen LogP contribution is 2.32. The van der Waals surface area contributed by atoms with Crippen LogP contribution in [0.3, 0.4) is 0 Å². The van der Waals surface area contributed by atoms with Crippen LogP contribution in [0.4, 0.5) is 11.4 Å². The van der Waals surface area contributed by atoms with Gasteiger partial charge < -0.3 is 5.32 Å². The molecule has 0 saturated carbocycles. The second-order valence-corrected chi connectivity index (χ2v) is 8.63. The lowest BCUT2D eigenvalue weighted by Crippen LogP contribution is -2.34. The summed E-state index contributed by atoms with van der Waals surface area (Å²) in [4.78, 5) is 38.6. The van der Waals surface area contributed by atoms with Gasteiger partial charge in [0.25, 0.3) is 17.7 Å². The summed E-state index contributed by atoms with van der Waals surface area (Å²) in [5.41, 5.74) is 1.94. The number of benzene rings is 3. The fraction of sp³-hybridized carbons (Fsp3) is 0. The maximum Gasteiger partial charge on any atom is 0.266 e. The van der Waals surface area contributed by atoms with E-state index in [2.05, 4.69) is 33.2 Å². The summed E-state index contributed by atoms with van der Waals surface area (Å²) < 4.78 is 1.01. The van der Waals surface area contributed by atoms with Crippen molar-refractivity contribution in [2.24, 2.45) is 0 Å². The number of halogens is 2. The molecule has 0 aromatic heterocycles. The molecule has 6 nitrogen and oxygen atoms in total. The van der Waals surface area contributed by atoms with Crippen LogP contribution < -0.4 is 15.5 Å². The number of carbonyl (C=O) groups excluding carboxylic acids is 3. The third kappa shape index (κ3) is 4.32. The number of carbonyl (C=O) groups is 3. The Bertz CT molecular complexity index is 1210. The maximum absolute atomic E-state index is 12.6. The number of nitrogens with zero attached hydrogens (tertiary/aromatic N) is 1. The smallest absolute Gasteiger partial charge is 0.266 e. The molecular formula is C22H13ClIN3O3S. The highest BCUT2D eigenvalue weighted by Gasteiger charge is 2.36. The zero-order valence-electron chi connectivity index (χ0n) is 15.7. The fourth-order valence-corrected chi connectivity index (χ4v) is 3.88. The number of rotatable bonds is 3. The minimum absolute atomic E-state index is 0.0685. The van der Waals surface area contributed by atoms with E-state index in [4.69, 9.17) is 23.8 Å². The van der Waals surface area contributed by atoms with Crippen LogP contribution in [-0.4, -0.2) is 22.8 Å². The molecule has 0 unspecified atom stereocenters. The van der Waals surface area contributed by atoms with Crippen LogP contribution in [0.5, 0.6) is 0 Å². The van der Waals surface area contributed by atoms with Crippen molar-refractivity contribution < 1.29 is 14.4 Å². The Hall–Kier alpha value is -2.82. The van der Waals surface area contributed by atoms with Gasteiger partial charge in [0, 0.05) is 9.13 Å². The van der Waals surface area contributed by atoms with Crippen LogP contribution in [0.25, 0.3) is 0 Å². The molecule has 2 N–H and O–H groups in total. The lowest BCUT2D eigenvalue weighted by Gasteiger charge is -2.16. The molecular weight excluding hydrogens is 549 g/mol. The van der Waals surface area contributed by atoms with E-state index in [-0.39, 0.29) is 16.0 Å². The predicted octanol–water partition coefficient (Wildman–Crippen LogP) is 4.87. The molecule has 3 aromatic rings. The summed E-state index contributed by atoms with van der Waals surface area (Å²) in [6, 6.07) is 18.3. The van der Waals surface area contributed by atoms with Crippen LogP contribution in [0, 0.1) is 3.57 Å². The van der Waals surface area contributed by atoms with Crippen molar-refractivity contribution in [3.63, 3.8) is 0 Å². The van der Waals surface area contributed by atoms with Gasteiger partial charge in [-0.15, -0.1) is 0 Å². The third-order valence-corrected chi connectivity index (χ3v) is 5.82. The molecule has 154 valence electrons. The van der Waals surface area contributed by atoms with Gasteiger partial charge in [0.1, 0.15) is 0 Å². The fourth-order valence-electron chi connectivity index (χ4n) is 3.10. The van der Waals surface area contributed by atoms with E-state index in [1.807, 2.05) is 12.1 Å². The molecule has 1 aliphatic heterocycles. The number of fused-ring (bicyclic) bond motifs is 1. The average Bonchev–Trinajstić information content (AvgIpc) is 3.00. The molecule has 1 heterocycles. The van der Waals surface area contributed by atoms with Crippen LogP contribution in [0.1, 0.15) is 31.1 Å². The Balaban J connectivity index is 1.48. The van der Waals surface area contributed by atoms with Crippen molar-refractivity contribution in [2.75, 3.05) is 10.2 Å². The normalized spacial score (nSPS) is 12.5. The Morgan fingerprint density at radius 2 is 1.55 bits per heavy atom. The molecule has 1 aliphatic rings. The van der Waals surface area contributed by atoms with E-state index < -0.39 is 11.8 Å². The Kier molecular flexibility index (Phi) is 6.03. The molecule has 3 amide bonds. The van der Waals surface area contributed by atoms with Gasteiger partial charge in [0.15, 0.2) is 5.11 Å². The first kappa shape index (κ1) is 21.4. The molecule has 4 rings (SSSR count). The van der Waals surface area contributed by atoms with Crippen LogP contribution >= 0.6 is 46.4 Å². The van der Waals surface area contributed by atoms with Gasteiger partial charge >= 0.3 is 0 Å². The zero-order valence-corrected chi connectivity index (χ0v) is 19.4. The van der Waals surface area contributed by atoms with Gasteiger partial charge in [0.2, 0.25) is 0 Å².